The molecule has 6 nitrogen and oxygen atoms in total. The van der Waals surface area contributed by atoms with Gasteiger partial charge in [-0.1, -0.05) is 11.6 Å². The van der Waals surface area contributed by atoms with E-state index in [0.29, 0.717) is 30.7 Å². The molecule has 1 saturated heterocycles. The van der Waals surface area contributed by atoms with E-state index in [1.165, 1.54) is 19.3 Å². The lowest BCUT2D eigenvalue weighted by molar-refractivity contribution is -0.121. The van der Waals surface area contributed by atoms with Gasteiger partial charge in [-0.25, -0.2) is 0 Å². The molecule has 0 unspecified atom stereocenters. The van der Waals surface area contributed by atoms with Crippen LogP contribution in [-0.4, -0.2) is 46.8 Å². The number of amides is 1. The van der Waals surface area contributed by atoms with Crippen molar-refractivity contribution in [2.75, 3.05) is 19.8 Å². The summed E-state index contributed by atoms with van der Waals surface area (Å²) in [7, 11) is 2.15. The first-order chi connectivity index (χ1) is 10.2. The zero-order chi connectivity index (χ0) is 15.1. The van der Waals surface area contributed by atoms with E-state index in [1.807, 2.05) is 6.26 Å². The monoisotopic (exact) mass is 312 g/mol. The summed E-state index contributed by atoms with van der Waals surface area (Å²) in [6.07, 6.45) is 7.21. The fourth-order valence-corrected chi connectivity index (χ4v) is 2.99. The number of thioether (sulfide) groups is 1. The maximum Gasteiger partial charge on any atom is 0.246 e. The van der Waals surface area contributed by atoms with Gasteiger partial charge < -0.3 is 14.7 Å². The van der Waals surface area contributed by atoms with Gasteiger partial charge in [0.25, 0.3) is 0 Å². The molecule has 0 aliphatic carbocycles. The molecular weight excluding hydrogens is 288 g/mol. The molecule has 7 heteroatoms. The topological polar surface area (TPSA) is 71.3 Å². The van der Waals surface area contributed by atoms with E-state index in [1.54, 1.807) is 11.8 Å². The fraction of sp³-hybridized carbons (Fsp3) is 0.786. The highest BCUT2D eigenvalue weighted by Crippen LogP contribution is 2.18. The molecule has 0 bridgehead atoms. The minimum absolute atomic E-state index is 0.0542. The van der Waals surface area contributed by atoms with Crippen LogP contribution in [0.5, 0.6) is 0 Å². The predicted molar refractivity (Wildman–Crippen MR) is 82.9 cm³/mol. The van der Waals surface area contributed by atoms with Crippen LogP contribution in [0.1, 0.15) is 43.8 Å². The quantitative estimate of drug-likeness (QED) is 0.828. The summed E-state index contributed by atoms with van der Waals surface area (Å²) in [6.45, 7) is 1.47. The standard InChI is InChI=1S/C14H24N4O2S/c1-18-8-4-3-5-11(18)6-7-13(19)15-9-14-16-12(10-21-2)17-20-14/h11H,3-10H2,1-2H3,(H,15,19)/t11-/m1/s1. The molecule has 21 heavy (non-hydrogen) atoms. The van der Waals surface area contributed by atoms with Gasteiger partial charge in [-0.2, -0.15) is 16.7 Å². The lowest BCUT2D eigenvalue weighted by Gasteiger charge is -2.32. The van der Waals surface area contributed by atoms with Gasteiger partial charge in [0, 0.05) is 12.5 Å². The Hall–Kier alpha value is -1.08. The number of aromatic nitrogens is 2. The Bertz CT molecular complexity index is 452. The Kier molecular flexibility index (Phi) is 6.50. The lowest BCUT2D eigenvalue weighted by atomic mass is 9.98. The summed E-state index contributed by atoms with van der Waals surface area (Å²) in [5.41, 5.74) is 0. The number of hydrogen-bond donors (Lipinski definition) is 1. The Morgan fingerprint density at radius 2 is 2.38 bits per heavy atom. The number of rotatable bonds is 7. The zero-order valence-corrected chi connectivity index (χ0v) is 13.6. The summed E-state index contributed by atoms with van der Waals surface area (Å²) >= 11 is 1.64. The van der Waals surface area contributed by atoms with Crippen LogP contribution in [0.15, 0.2) is 4.52 Å². The van der Waals surface area contributed by atoms with E-state index in [4.69, 9.17) is 4.52 Å². The van der Waals surface area contributed by atoms with Gasteiger partial charge in [-0.05, 0) is 39.1 Å². The largest absolute Gasteiger partial charge is 0.347 e. The molecule has 2 rings (SSSR count). The number of nitrogens with zero attached hydrogens (tertiary/aromatic N) is 3. The third-order valence-electron chi connectivity index (χ3n) is 3.85. The molecule has 1 aliphatic rings. The van der Waals surface area contributed by atoms with Crippen LogP contribution in [0.4, 0.5) is 0 Å². The average Bonchev–Trinajstić information content (AvgIpc) is 2.92. The van der Waals surface area contributed by atoms with Crippen LogP contribution in [-0.2, 0) is 17.1 Å². The summed E-state index contributed by atoms with van der Waals surface area (Å²) in [5.74, 6) is 1.93. The number of likely N-dealkylation sites (tertiary alicyclic amines) is 1. The highest BCUT2D eigenvalue weighted by molar-refractivity contribution is 7.97. The van der Waals surface area contributed by atoms with Gasteiger partial charge in [-0.3, -0.25) is 4.79 Å². The number of nitrogens with one attached hydrogen (secondary N) is 1. The molecule has 1 aromatic rings. The first-order valence-electron chi connectivity index (χ1n) is 7.46. The second kappa shape index (κ2) is 8.38. The molecule has 0 radical (unpaired) electrons. The van der Waals surface area contributed by atoms with E-state index in [2.05, 4.69) is 27.4 Å². The fourth-order valence-electron chi connectivity index (χ4n) is 2.62. The highest BCUT2D eigenvalue weighted by atomic mass is 32.2. The van der Waals surface area contributed by atoms with Crippen molar-refractivity contribution in [3.8, 4) is 0 Å². The van der Waals surface area contributed by atoms with Crippen LogP contribution in [0.25, 0.3) is 0 Å². The van der Waals surface area contributed by atoms with Crippen molar-refractivity contribution in [2.45, 2.75) is 50.4 Å². The SMILES string of the molecule is CSCc1noc(CNC(=O)CC[C@H]2CCCCN2C)n1. The summed E-state index contributed by atoms with van der Waals surface area (Å²) in [5, 5.41) is 6.70. The Balaban J connectivity index is 1.66. The maximum absolute atomic E-state index is 11.9. The van der Waals surface area contributed by atoms with Crippen LogP contribution < -0.4 is 5.32 Å². The maximum atomic E-state index is 11.9. The van der Waals surface area contributed by atoms with Gasteiger partial charge >= 0.3 is 0 Å². The van der Waals surface area contributed by atoms with Crippen molar-refractivity contribution >= 4 is 17.7 Å². The molecule has 118 valence electrons. The van der Waals surface area contributed by atoms with Crippen molar-refractivity contribution in [1.29, 1.82) is 0 Å². The molecule has 1 fully saturated rings. The van der Waals surface area contributed by atoms with Crippen molar-refractivity contribution in [3.63, 3.8) is 0 Å². The van der Waals surface area contributed by atoms with Gasteiger partial charge in [0.2, 0.25) is 11.8 Å². The summed E-state index contributed by atoms with van der Waals surface area (Å²) < 4.78 is 5.08. The van der Waals surface area contributed by atoms with Crippen LogP contribution in [0.2, 0.25) is 0 Å². The number of hydrogen-bond acceptors (Lipinski definition) is 6. The Morgan fingerprint density at radius 3 is 3.14 bits per heavy atom. The van der Waals surface area contributed by atoms with E-state index in [0.717, 1.165) is 18.7 Å². The predicted octanol–water partition coefficient (Wildman–Crippen LogP) is 1.81. The van der Waals surface area contributed by atoms with E-state index >= 15 is 0 Å². The first-order valence-corrected chi connectivity index (χ1v) is 8.85. The minimum atomic E-state index is 0.0542. The Morgan fingerprint density at radius 1 is 1.52 bits per heavy atom. The van der Waals surface area contributed by atoms with Gasteiger partial charge in [-0.15, -0.1) is 0 Å². The third kappa shape index (κ3) is 5.32. The Labute approximate surface area is 130 Å². The van der Waals surface area contributed by atoms with Crippen molar-refractivity contribution < 1.29 is 9.32 Å². The second-order valence-electron chi connectivity index (χ2n) is 5.48. The normalized spacial score (nSPS) is 19.6. The molecule has 0 saturated carbocycles. The first kappa shape index (κ1) is 16.3. The van der Waals surface area contributed by atoms with Gasteiger partial charge in [0.15, 0.2) is 5.82 Å². The number of carbonyl (C=O) groups excluding carboxylic acids is 1. The molecule has 0 spiro atoms. The molecule has 2 heterocycles. The van der Waals surface area contributed by atoms with Gasteiger partial charge in [0.1, 0.15) is 0 Å². The minimum Gasteiger partial charge on any atom is -0.347 e. The average molecular weight is 312 g/mol. The summed E-state index contributed by atoms with van der Waals surface area (Å²) in [4.78, 5) is 18.5. The van der Waals surface area contributed by atoms with Crippen molar-refractivity contribution in [3.05, 3.63) is 11.7 Å². The third-order valence-corrected chi connectivity index (χ3v) is 4.39. The van der Waals surface area contributed by atoms with Crippen LogP contribution in [0.3, 0.4) is 0 Å². The summed E-state index contributed by atoms with van der Waals surface area (Å²) in [6, 6.07) is 0.543. The number of piperidine rings is 1. The van der Waals surface area contributed by atoms with Crippen LogP contribution >= 0.6 is 11.8 Å². The highest BCUT2D eigenvalue weighted by Gasteiger charge is 2.19. The molecule has 1 aromatic heterocycles. The lowest BCUT2D eigenvalue weighted by Crippen LogP contribution is -2.37. The van der Waals surface area contributed by atoms with Gasteiger partial charge in [0.05, 0.1) is 12.3 Å². The molecule has 1 N–H and O–H groups in total. The van der Waals surface area contributed by atoms with Crippen molar-refractivity contribution in [1.82, 2.24) is 20.4 Å². The van der Waals surface area contributed by atoms with Crippen LogP contribution in [0, 0.1) is 0 Å². The van der Waals surface area contributed by atoms with Crippen molar-refractivity contribution in [2.24, 2.45) is 0 Å². The van der Waals surface area contributed by atoms with E-state index in [9.17, 15) is 4.79 Å². The second-order valence-corrected chi connectivity index (χ2v) is 6.35. The number of carbonyl (C=O) groups is 1. The smallest absolute Gasteiger partial charge is 0.246 e. The van der Waals surface area contributed by atoms with E-state index in [-0.39, 0.29) is 5.91 Å². The molecular formula is C14H24N4O2S. The molecule has 1 atom stereocenters. The zero-order valence-electron chi connectivity index (χ0n) is 12.8. The molecule has 1 aliphatic heterocycles. The molecule has 0 aromatic carbocycles. The van der Waals surface area contributed by atoms with E-state index < -0.39 is 0 Å². The molecule has 1 amide bonds.